The Balaban J connectivity index is 2.18. The maximum Gasteiger partial charge on any atom is 0.261 e. The lowest BCUT2D eigenvalue weighted by Gasteiger charge is -2.33. The number of para-hydroxylation sites is 1. The van der Waals surface area contributed by atoms with E-state index in [-0.39, 0.29) is 23.4 Å². The Morgan fingerprint density at radius 1 is 1.13 bits per heavy atom. The molecule has 31 heavy (non-hydrogen) atoms. The number of amides is 1. The van der Waals surface area contributed by atoms with Gasteiger partial charge in [0.25, 0.3) is 11.5 Å². The molecule has 0 aliphatic carbocycles. The predicted octanol–water partition coefficient (Wildman–Crippen LogP) is 5.97. The molecule has 0 aliphatic heterocycles. The third-order valence-corrected chi connectivity index (χ3v) is 5.80. The van der Waals surface area contributed by atoms with Crippen molar-refractivity contribution >= 4 is 40.0 Å². The van der Waals surface area contributed by atoms with Crippen LogP contribution < -0.4 is 5.56 Å². The quantitative estimate of drug-likeness (QED) is 0.436. The molecule has 0 spiro atoms. The van der Waals surface area contributed by atoms with Crippen molar-refractivity contribution in [3.05, 3.63) is 74.3 Å². The van der Waals surface area contributed by atoms with Gasteiger partial charge in [-0.3, -0.25) is 14.2 Å². The summed E-state index contributed by atoms with van der Waals surface area (Å²) in [5, 5.41) is 1.35. The molecule has 1 amide bonds. The largest absolute Gasteiger partial charge is 0.328 e. The van der Waals surface area contributed by atoms with Crippen molar-refractivity contribution in [2.24, 2.45) is 5.92 Å². The minimum absolute atomic E-state index is 0.0944. The number of benzene rings is 2. The smallest absolute Gasteiger partial charge is 0.261 e. The minimum atomic E-state index is -0.376. The van der Waals surface area contributed by atoms with Crippen LogP contribution in [0.25, 0.3) is 10.9 Å². The molecule has 1 aromatic heterocycles. The highest BCUT2D eigenvalue weighted by Crippen LogP contribution is 2.29. The number of hydrogen-bond acceptors (Lipinski definition) is 3. The van der Waals surface area contributed by atoms with E-state index in [0.717, 1.165) is 0 Å². The molecule has 3 aromatic rings. The fourth-order valence-corrected chi connectivity index (χ4v) is 4.34. The highest BCUT2D eigenvalue weighted by molar-refractivity contribution is 6.36. The Morgan fingerprint density at radius 3 is 2.45 bits per heavy atom. The van der Waals surface area contributed by atoms with Gasteiger partial charge in [0.2, 0.25) is 0 Å². The van der Waals surface area contributed by atoms with Crippen LogP contribution in [0.15, 0.2) is 47.3 Å². The van der Waals surface area contributed by atoms with E-state index >= 15 is 0 Å². The number of carbonyl (C=O) groups is 1. The van der Waals surface area contributed by atoms with Crippen molar-refractivity contribution in [2.45, 2.75) is 46.7 Å². The molecule has 0 fully saturated rings. The monoisotopic (exact) mass is 459 g/mol. The second-order valence-electron chi connectivity index (χ2n) is 7.94. The fraction of sp³-hybridized carbons (Fsp3) is 0.375. The maximum absolute atomic E-state index is 13.6. The summed E-state index contributed by atoms with van der Waals surface area (Å²) >= 11 is 12.4. The summed E-state index contributed by atoms with van der Waals surface area (Å²) in [5.41, 5.74) is 0.923. The molecule has 7 heteroatoms. The third kappa shape index (κ3) is 4.78. The molecule has 2 aromatic carbocycles. The van der Waals surface area contributed by atoms with Crippen LogP contribution in [0, 0.1) is 5.92 Å². The third-order valence-electron chi connectivity index (χ3n) is 5.25. The van der Waals surface area contributed by atoms with E-state index in [1.54, 1.807) is 33.7 Å². The molecular formula is C24H27Cl2N3O2. The predicted molar refractivity (Wildman–Crippen MR) is 127 cm³/mol. The molecule has 164 valence electrons. The van der Waals surface area contributed by atoms with E-state index in [0.29, 0.717) is 51.8 Å². The normalized spacial score (nSPS) is 12.4. The van der Waals surface area contributed by atoms with Crippen molar-refractivity contribution in [3.8, 4) is 0 Å². The Hall–Kier alpha value is -2.37. The molecule has 0 N–H and O–H groups in total. The highest BCUT2D eigenvalue weighted by Gasteiger charge is 2.30. The standard InChI is InChI=1S/C24H27Cl2N3O2/c1-5-21(22-27-20-10-8-7-9-18(20)24(31)28(22)6-2)29(14-15(3)4)23(30)17-12-11-16(25)13-19(17)26/h7-13,15,21H,5-6,14H2,1-4H3/t21-/m1/s1. The van der Waals surface area contributed by atoms with Gasteiger partial charge in [-0.15, -0.1) is 0 Å². The van der Waals surface area contributed by atoms with E-state index in [1.165, 1.54) is 0 Å². The summed E-state index contributed by atoms with van der Waals surface area (Å²) in [6.45, 7) is 8.99. The molecular weight excluding hydrogens is 433 g/mol. The molecule has 5 nitrogen and oxygen atoms in total. The van der Waals surface area contributed by atoms with Crippen LogP contribution in [0.4, 0.5) is 0 Å². The maximum atomic E-state index is 13.6. The minimum Gasteiger partial charge on any atom is -0.328 e. The van der Waals surface area contributed by atoms with E-state index in [2.05, 4.69) is 13.8 Å². The molecule has 1 atom stereocenters. The number of hydrogen-bond donors (Lipinski definition) is 0. The van der Waals surface area contributed by atoms with Gasteiger partial charge in [-0.05, 0) is 49.6 Å². The first-order valence-electron chi connectivity index (χ1n) is 10.5. The van der Waals surface area contributed by atoms with Crippen LogP contribution in [0.3, 0.4) is 0 Å². The number of nitrogens with zero attached hydrogens (tertiary/aromatic N) is 3. The number of fused-ring (bicyclic) bond motifs is 1. The first-order chi connectivity index (χ1) is 14.8. The summed E-state index contributed by atoms with van der Waals surface area (Å²) in [5.74, 6) is 0.603. The van der Waals surface area contributed by atoms with Crippen LogP contribution in [-0.2, 0) is 6.54 Å². The topological polar surface area (TPSA) is 55.2 Å². The van der Waals surface area contributed by atoms with Gasteiger partial charge < -0.3 is 4.90 Å². The summed E-state index contributed by atoms with van der Waals surface area (Å²) < 4.78 is 1.67. The lowest BCUT2D eigenvalue weighted by Crippen LogP contribution is -2.40. The summed E-state index contributed by atoms with van der Waals surface area (Å²) in [7, 11) is 0. The van der Waals surface area contributed by atoms with E-state index < -0.39 is 0 Å². The molecule has 0 bridgehead atoms. The van der Waals surface area contributed by atoms with E-state index in [9.17, 15) is 9.59 Å². The Morgan fingerprint density at radius 2 is 1.84 bits per heavy atom. The zero-order chi connectivity index (χ0) is 22.7. The zero-order valence-electron chi connectivity index (χ0n) is 18.2. The number of carbonyl (C=O) groups excluding carboxylic acids is 1. The van der Waals surface area contributed by atoms with Gasteiger partial charge in [-0.25, -0.2) is 4.98 Å². The van der Waals surface area contributed by atoms with E-state index in [1.807, 2.05) is 32.0 Å². The average molecular weight is 460 g/mol. The number of rotatable bonds is 7. The molecule has 1 heterocycles. The van der Waals surface area contributed by atoms with Gasteiger partial charge in [-0.1, -0.05) is 56.1 Å². The summed E-state index contributed by atoms with van der Waals surface area (Å²) in [6, 6.07) is 11.8. The molecule has 0 aliphatic rings. The molecule has 0 radical (unpaired) electrons. The second kappa shape index (κ2) is 9.84. The van der Waals surface area contributed by atoms with Crippen LogP contribution in [0.1, 0.15) is 56.3 Å². The first-order valence-corrected chi connectivity index (χ1v) is 11.3. The van der Waals surface area contributed by atoms with Crippen LogP contribution in [-0.4, -0.2) is 26.9 Å². The van der Waals surface area contributed by atoms with Gasteiger partial charge in [0.05, 0.1) is 27.5 Å². The Labute approximate surface area is 192 Å². The zero-order valence-corrected chi connectivity index (χ0v) is 19.7. The lowest BCUT2D eigenvalue weighted by molar-refractivity contribution is 0.0629. The SMILES string of the molecule is CC[C@H](c1nc2ccccc2c(=O)n1CC)N(CC(C)C)C(=O)c1ccc(Cl)cc1Cl. The van der Waals surface area contributed by atoms with Crippen molar-refractivity contribution in [2.75, 3.05) is 6.54 Å². The van der Waals surface area contributed by atoms with Gasteiger partial charge in [-0.2, -0.15) is 0 Å². The summed E-state index contributed by atoms with van der Waals surface area (Å²) in [6.07, 6.45) is 0.606. The fourth-order valence-electron chi connectivity index (χ4n) is 3.85. The van der Waals surface area contributed by atoms with Crippen LogP contribution in [0.5, 0.6) is 0 Å². The number of aromatic nitrogens is 2. The van der Waals surface area contributed by atoms with Crippen LogP contribution >= 0.6 is 23.2 Å². The molecule has 0 saturated heterocycles. The molecule has 0 saturated carbocycles. The van der Waals surface area contributed by atoms with Crippen molar-refractivity contribution in [3.63, 3.8) is 0 Å². The average Bonchev–Trinajstić information content (AvgIpc) is 2.73. The van der Waals surface area contributed by atoms with Gasteiger partial charge in [0, 0.05) is 18.1 Å². The Bertz CT molecular complexity index is 1160. The van der Waals surface area contributed by atoms with Crippen molar-refractivity contribution in [1.29, 1.82) is 0 Å². The number of halogens is 2. The first kappa shape index (κ1) is 23.3. The second-order valence-corrected chi connectivity index (χ2v) is 8.78. The van der Waals surface area contributed by atoms with E-state index in [4.69, 9.17) is 28.2 Å². The lowest BCUT2D eigenvalue weighted by atomic mass is 10.1. The van der Waals surface area contributed by atoms with Gasteiger partial charge in [0.1, 0.15) is 5.82 Å². The molecule has 3 rings (SSSR count). The van der Waals surface area contributed by atoms with Crippen molar-refractivity contribution < 1.29 is 4.79 Å². The highest BCUT2D eigenvalue weighted by atomic mass is 35.5. The van der Waals surface area contributed by atoms with Gasteiger partial charge in [0.15, 0.2) is 0 Å². The van der Waals surface area contributed by atoms with Gasteiger partial charge >= 0.3 is 0 Å². The summed E-state index contributed by atoms with van der Waals surface area (Å²) in [4.78, 5) is 33.4. The Kier molecular flexibility index (Phi) is 7.39. The van der Waals surface area contributed by atoms with Crippen LogP contribution in [0.2, 0.25) is 10.0 Å². The van der Waals surface area contributed by atoms with Crippen molar-refractivity contribution in [1.82, 2.24) is 14.5 Å². The molecule has 0 unspecified atom stereocenters.